The zero-order valence-corrected chi connectivity index (χ0v) is 21.6. The van der Waals surface area contributed by atoms with Gasteiger partial charge in [0.05, 0.1) is 6.54 Å². The molecule has 0 atom stereocenters. The van der Waals surface area contributed by atoms with Crippen molar-refractivity contribution >= 4 is 51.3 Å². The zero-order valence-electron chi connectivity index (χ0n) is 17.6. The summed E-state index contributed by atoms with van der Waals surface area (Å²) in [5.41, 5.74) is 0.403. The Hall–Kier alpha value is -0.390. The zero-order chi connectivity index (χ0) is 20.1. The number of nitrogens with zero attached hydrogens (tertiary/aromatic N) is 2. The maximum absolute atomic E-state index is 12.2. The molecule has 0 unspecified atom stereocenters. The van der Waals surface area contributed by atoms with Crippen LogP contribution in [-0.2, 0) is 16.6 Å². The maximum Gasteiger partial charge on any atom is 0.252 e. The molecule has 9 heteroatoms. The van der Waals surface area contributed by atoms with E-state index in [2.05, 4.69) is 36.4 Å². The summed E-state index contributed by atoms with van der Waals surface area (Å²) in [6, 6.07) is 3.51. The first-order valence-corrected chi connectivity index (χ1v) is 12.0. The molecule has 1 aliphatic carbocycles. The van der Waals surface area contributed by atoms with E-state index in [1.807, 2.05) is 6.07 Å². The molecule has 0 radical (unpaired) electrons. The van der Waals surface area contributed by atoms with Gasteiger partial charge in [-0.2, -0.15) is 0 Å². The fraction of sp³-hybridized carbons (Fsp3) is 0.737. The van der Waals surface area contributed by atoms with Gasteiger partial charge in [-0.3, -0.25) is 0 Å². The van der Waals surface area contributed by atoms with Crippen molar-refractivity contribution in [2.75, 3.05) is 27.2 Å². The molecule has 0 aromatic carbocycles. The van der Waals surface area contributed by atoms with Gasteiger partial charge in [-0.05, 0) is 49.7 Å². The Morgan fingerprint density at radius 1 is 1.29 bits per heavy atom. The molecule has 2 rings (SSSR count). The lowest BCUT2D eigenvalue weighted by atomic mass is 9.64. The molecule has 1 fully saturated rings. The molecule has 162 valence electrons. The predicted molar refractivity (Wildman–Crippen MR) is 129 cm³/mol. The highest BCUT2D eigenvalue weighted by Crippen LogP contribution is 2.45. The monoisotopic (exact) mass is 542 g/mol. The molecule has 1 aromatic heterocycles. The van der Waals surface area contributed by atoms with Crippen molar-refractivity contribution in [1.29, 1.82) is 0 Å². The lowest BCUT2D eigenvalue weighted by molar-refractivity contribution is 0.104. The third-order valence-electron chi connectivity index (χ3n) is 5.00. The SMILES string of the molecule is CCNC(=NCc1ccc(S(=O)(=O)N(C)C)s1)NCC1(CC(C)C)CCC1.I. The Labute approximate surface area is 191 Å². The van der Waals surface area contributed by atoms with Gasteiger partial charge in [0.1, 0.15) is 4.21 Å². The smallest absolute Gasteiger partial charge is 0.252 e. The molecule has 0 bridgehead atoms. The van der Waals surface area contributed by atoms with Gasteiger partial charge in [-0.15, -0.1) is 35.3 Å². The molecular weight excluding hydrogens is 507 g/mol. The van der Waals surface area contributed by atoms with E-state index in [9.17, 15) is 8.42 Å². The first kappa shape index (κ1) is 25.6. The van der Waals surface area contributed by atoms with Crippen molar-refractivity contribution in [1.82, 2.24) is 14.9 Å². The first-order chi connectivity index (χ1) is 12.7. The fourth-order valence-electron chi connectivity index (χ4n) is 3.53. The molecule has 0 aliphatic heterocycles. The molecule has 0 amide bonds. The van der Waals surface area contributed by atoms with Crippen LogP contribution in [0.2, 0.25) is 0 Å². The number of sulfonamides is 1. The minimum absolute atomic E-state index is 0. The van der Waals surface area contributed by atoms with Crippen LogP contribution in [0.15, 0.2) is 21.3 Å². The standard InChI is InChI=1S/C19H34N4O2S2.HI/c1-6-20-18(22-14-19(10-7-11-19)12-15(2)3)21-13-16-8-9-17(26-16)27(24,25)23(4)5;/h8-9,15H,6-7,10-14H2,1-5H3,(H2,20,21,22);1H. The van der Waals surface area contributed by atoms with Crippen LogP contribution in [0.5, 0.6) is 0 Å². The summed E-state index contributed by atoms with van der Waals surface area (Å²) in [5, 5.41) is 6.81. The second kappa shape index (κ2) is 11.1. The molecule has 28 heavy (non-hydrogen) atoms. The van der Waals surface area contributed by atoms with Crippen LogP contribution in [-0.4, -0.2) is 45.9 Å². The summed E-state index contributed by atoms with van der Waals surface area (Å²) >= 11 is 1.28. The van der Waals surface area contributed by atoms with E-state index in [0.717, 1.165) is 23.9 Å². The van der Waals surface area contributed by atoms with Crippen LogP contribution in [0.1, 0.15) is 51.3 Å². The summed E-state index contributed by atoms with van der Waals surface area (Å²) in [6.45, 7) is 8.85. The van der Waals surface area contributed by atoms with E-state index in [4.69, 9.17) is 0 Å². The van der Waals surface area contributed by atoms with E-state index in [0.29, 0.717) is 22.1 Å². The number of thiophene rings is 1. The number of guanidine groups is 1. The Morgan fingerprint density at radius 2 is 1.96 bits per heavy atom. The highest BCUT2D eigenvalue weighted by Gasteiger charge is 2.37. The average molecular weight is 543 g/mol. The van der Waals surface area contributed by atoms with Gasteiger partial charge < -0.3 is 10.6 Å². The summed E-state index contributed by atoms with van der Waals surface area (Å²) in [5.74, 6) is 1.51. The Bertz CT molecular complexity index is 741. The van der Waals surface area contributed by atoms with Gasteiger partial charge in [0.15, 0.2) is 5.96 Å². The van der Waals surface area contributed by atoms with Gasteiger partial charge in [-0.25, -0.2) is 17.7 Å². The van der Waals surface area contributed by atoms with Crippen LogP contribution >= 0.6 is 35.3 Å². The molecule has 2 N–H and O–H groups in total. The largest absolute Gasteiger partial charge is 0.357 e. The third-order valence-corrected chi connectivity index (χ3v) is 8.35. The van der Waals surface area contributed by atoms with Crippen LogP contribution in [0.4, 0.5) is 0 Å². The summed E-state index contributed by atoms with van der Waals surface area (Å²) in [4.78, 5) is 5.60. The summed E-state index contributed by atoms with van der Waals surface area (Å²) < 4.78 is 26.0. The van der Waals surface area contributed by atoms with Gasteiger partial charge in [0.25, 0.3) is 10.0 Å². The van der Waals surface area contributed by atoms with Crippen LogP contribution in [0.3, 0.4) is 0 Å². The number of halogens is 1. The second-order valence-electron chi connectivity index (χ2n) is 8.01. The van der Waals surface area contributed by atoms with E-state index < -0.39 is 10.0 Å². The van der Waals surface area contributed by atoms with E-state index in [-0.39, 0.29) is 24.0 Å². The number of rotatable bonds is 9. The minimum Gasteiger partial charge on any atom is -0.357 e. The maximum atomic E-state index is 12.2. The molecule has 0 saturated heterocycles. The topological polar surface area (TPSA) is 73.8 Å². The summed E-state index contributed by atoms with van der Waals surface area (Å²) in [7, 11) is -0.271. The van der Waals surface area contributed by atoms with Crippen molar-refractivity contribution in [3.63, 3.8) is 0 Å². The number of nitrogens with one attached hydrogen (secondary N) is 2. The van der Waals surface area contributed by atoms with Crippen LogP contribution in [0.25, 0.3) is 0 Å². The Kier molecular flexibility index (Phi) is 10.2. The van der Waals surface area contributed by atoms with Crippen molar-refractivity contribution in [3.05, 3.63) is 17.0 Å². The quantitative estimate of drug-likeness (QED) is 0.282. The van der Waals surface area contributed by atoms with Crippen molar-refractivity contribution < 1.29 is 8.42 Å². The Balaban J connectivity index is 0.00000392. The highest BCUT2D eigenvalue weighted by atomic mass is 127. The lowest BCUT2D eigenvalue weighted by Crippen LogP contribution is -2.47. The molecule has 6 nitrogen and oxygen atoms in total. The average Bonchev–Trinajstić information content (AvgIpc) is 3.03. The van der Waals surface area contributed by atoms with Crippen molar-refractivity contribution in [3.8, 4) is 0 Å². The molecule has 1 heterocycles. The van der Waals surface area contributed by atoms with E-state index >= 15 is 0 Å². The van der Waals surface area contributed by atoms with Crippen molar-refractivity contribution in [2.45, 2.75) is 57.2 Å². The van der Waals surface area contributed by atoms with E-state index in [1.165, 1.54) is 41.3 Å². The highest BCUT2D eigenvalue weighted by molar-refractivity contribution is 14.0. The molecule has 1 aliphatic rings. The lowest BCUT2D eigenvalue weighted by Gasteiger charge is -2.43. The minimum atomic E-state index is -3.37. The Morgan fingerprint density at radius 3 is 2.46 bits per heavy atom. The third kappa shape index (κ3) is 6.84. The van der Waals surface area contributed by atoms with Gasteiger partial charge >= 0.3 is 0 Å². The summed E-state index contributed by atoms with van der Waals surface area (Å²) in [6.07, 6.45) is 5.14. The van der Waals surface area contributed by atoms with Crippen LogP contribution in [0, 0.1) is 11.3 Å². The molecular formula is C19H35IN4O2S2. The van der Waals surface area contributed by atoms with Crippen molar-refractivity contribution in [2.24, 2.45) is 16.3 Å². The second-order valence-corrected chi connectivity index (χ2v) is 11.6. The first-order valence-electron chi connectivity index (χ1n) is 9.72. The van der Waals surface area contributed by atoms with Crippen LogP contribution < -0.4 is 10.6 Å². The molecule has 0 spiro atoms. The predicted octanol–water partition coefficient (Wildman–Crippen LogP) is 3.89. The fourth-order valence-corrected chi connectivity index (χ4v) is 5.98. The van der Waals surface area contributed by atoms with Gasteiger partial charge in [0.2, 0.25) is 0 Å². The number of aliphatic imine (C=N–C) groups is 1. The van der Waals surface area contributed by atoms with Gasteiger partial charge in [0, 0.05) is 32.1 Å². The number of hydrogen-bond donors (Lipinski definition) is 2. The van der Waals surface area contributed by atoms with E-state index in [1.54, 1.807) is 20.2 Å². The molecule has 1 aromatic rings. The number of hydrogen-bond acceptors (Lipinski definition) is 4. The normalized spacial score (nSPS) is 16.6. The molecule has 1 saturated carbocycles. The van der Waals surface area contributed by atoms with Gasteiger partial charge in [-0.1, -0.05) is 20.3 Å².